The molecule has 4 rings (SSSR count). The standard InChI is InChI=1S/C19H20FN3/c20-17-7-5-14(6-8-17)12-23-10-2-4-16(13-23)18-11-15-3-1-9-21-19(15)22-18/h1,3,5-9,11,16H,2,4,10,12-13H2,(H,21,22). The zero-order valence-electron chi connectivity index (χ0n) is 13.0. The number of likely N-dealkylation sites (tertiary alicyclic amines) is 1. The van der Waals surface area contributed by atoms with Crippen LogP contribution in [0.3, 0.4) is 0 Å². The Morgan fingerprint density at radius 3 is 2.91 bits per heavy atom. The summed E-state index contributed by atoms with van der Waals surface area (Å²) in [6.07, 6.45) is 4.21. The van der Waals surface area contributed by atoms with E-state index in [4.69, 9.17) is 0 Å². The van der Waals surface area contributed by atoms with Crippen LogP contribution in [-0.4, -0.2) is 28.0 Å². The fraction of sp³-hybridized carbons (Fsp3) is 0.316. The molecule has 3 heterocycles. The van der Waals surface area contributed by atoms with Crippen molar-refractivity contribution in [3.8, 4) is 0 Å². The Balaban J connectivity index is 1.49. The van der Waals surface area contributed by atoms with E-state index in [1.165, 1.54) is 29.5 Å². The van der Waals surface area contributed by atoms with Gasteiger partial charge in [0.2, 0.25) is 0 Å². The molecule has 1 N–H and O–H groups in total. The van der Waals surface area contributed by atoms with Crippen molar-refractivity contribution in [1.29, 1.82) is 0 Å². The highest BCUT2D eigenvalue weighted by Gasteiger charge is 2.22. The molecular formula is C19H20FN3. The van der Waals surface area contributed by atoms with Crippen LogP contribution in [-0.2, 0) is 6.54 Å². The van der Waals surface area contributed by atoms with E-state index in [9.17, 15) is 4.39 Å². The number of fused-ring (bicyclic) bond motifs is 1. The summed E-state index contributed by atoms with van der Waals surface area (Å²) in [4.78, 5) is 10.3. The number of hydrogen-bond acceptors (Lipinski definition) is 2. The number of halogens is 1. The van der Waals surface area contributed by atoms with Crippen molar-refractivity contribution < 1.29 is 4.39 Å². The molecule has 1 aromatic carbocycles. The molecule has 0 amide bonds. The SMILES string of the molecule is Fc1ccc(CN2CCCC(c3cc4cccnc4[nH]3)C2)cc1. The molecule has 23 heavy (non-hydrogen) atoms. The Hall–Kier alpha value is -2.20. The van der Waals surface area contributed by atoms with Crippen LogP contribution < -0.4 is 0 Å². The predicted octanol–water partition coefficient (Wildman–Crippen LogP) is 4.08. The van der Waals surface area contributed by atoms with Crippen LogP contribution in [0.15, 0.2) is 48.7 Å². The number of pyridine rings is 1. The van der Waals surface area contributed by atoms with Crippen molar-refractivity contribution in [1.82, 2.24) is 14.9 Å². The second-order valence-corrected chi connectivity index (χ2v) is 6.37. The van der Waals surface area contributed by atoms with E-state index >= 15 is 0 Å². The highest BCUT2D eigenvalue weighted by atomic mass is 19.1. The molecule has 0 aliphatic carbocycles. The number of rotatable bonds is 3. The van der Waals surface area contributed by atoms with Crippen molar-refractivity contribution in [2.75, 3.05) is 13.1 Å². The maximum Gasteiger partial charge on any atom is 0.137 e. The van der Waals surface area contributed by atoms with Gasteiger partial charge in [-0.25, -0.2) is 9.37 Å². The summed E-state index contributed by atoms with van der Waals surface area (Å²) in [5.74, 6) is 0.342. The van der Waals surface area contributed by atoms with Crippen LogP contribution in [0.5, 0.6) is 0 Å². The zero-order valence-corrected chi connectivity index (χ0v) is 13.0. The summed E-state index contributed by atoms with van der Waals surface area (Å²) in [6.45, 7) is 3.02. The molecule has 0 spiro atoms. The lowest BCUT2D eigenvalue weighted by Crippen LogP contribution is -2.34. The summed E-state index contributed by atoms with van der Waals surface area (Å²) in [6, 6.07) is 13.1. The predicted molar refractivity (Wildman–Crippen MR) is 89.7 cm³/mol. The molecule has 4 heteroatoms. The molecule has 1 saturated heterocycles. The van der Waals surface area contributed by atoms with E-state index in [-0.39, 0.29) is 5.82 Å². The van der Waals surface area contributed by atoms with E-state index < -0.39 is 0 Å². The van der Waals surface area contributed by atoms with Crippen LogP contribution in [0.4, 0.5) is 4.39 Å². The molecule has 1 unspecified atom stereocenters. The van der Waals surface area contributed by atoms with E-state index in [0.29, 0.717) is 5.92 Å². The Bertz CT molecular complexity index is 761. The molecule has 1 atom stereocenters. The Morgan fingerprint density at radius 2 is 2.09 bits per heavy atom. The quantitative estimate of drug-likeness (QED) is 0.790. The molecule has 3 aromatic rings. The minimum absolute atomic E-state index is 0.171. The number of aromatic amines is 1. The highest BCUT2D eigenvalue weighted by molar-refractivity contribution is 5.76. The van der Waals surface area contributed by atoms with Gasteiger partial charge in [-0.15, -0.1) is 0 Å². The molecule has 118 valence electrons. The van der Waals surface area contributed by atoms with Crippen LogP contribution in [0.1, 0.15) is 30.0 Å². The molecule has 0 bridgehead atoms. The van der Waals surface area contributed by atoms with Crippen LogP contribution >= 0.6 is 0 Å². The third-order valence-corrected chi connectivity index (χ3v) is 4.68. The van der Waals surface area contributed by atoms with Crippen molar-refractivity contribution in [2.45, 2.75) is 25.3 Å². The number of aromatic nitrogens is 2. The third-order valence-electron chi connectivity index (χ3n) is 4.68. The number of nitrogens with one attached hydrogen (secondary N) is 1. The molecular weight excluding hydrogens is 289 g/mol. The fourth-order valence-corrected chi connectivity index (χ4v) is 3.50. The van der Waals surface area contributed by atoms with Gasteiger partial charge in [-0.05, 0) is 55.3 Å². The summed E-state index contributed by atoms with van der Waals surface area (Å²) < 4.78 is 13.0. The van der Waals surface area contributed by atoms with E-state index in [1.807, 2.05) is 24.4 Å². The normalized spacial score (nSPS) is 19.3. The summed E-state index contributed by atoms with van der Waals surface area (Å²) in [7, 11) is 0. The summed E-state index contributed by atoms with van der Waals surface area (Å²) >= 11 is 0. The number of hydrogen-bond donors (Lipinski definition) is 1. The largest absolute Gasteiger partial charge is 0.343 e. The van der Waals surface area contributed by atoms with Gasteiger partial charge in [0.05, 0.1) is 0 Å². The van der Waals surface area contributed by atoms with Gasteiger partial charge < -0.3 is 4.98 Å². The van der Waals surface area contributed by atoms with Gasteiger partial charge in [-0.2, -0.15) is 0 Å². The second kappa shape index (κ2) is 6.13. The van der Waals surface area contributed by atoms with Crippen molar-refractivity contribution >= 4 is 11.0 Å². The van der Waals surface area contributed by atoms with Gasteiger partial charge in [0.25, 0.3) is 0 Å². The van der Waals surface area contributed by atoms with E-state index in [2.05, 4.69) is 27.0 Å². The molecule has 0 radical (unpaired) electrons. The van der Waals surface area contributed by atoms with Gasteiger partial charge in [0, 0.05) is 36.3 Å². The topological polar surface area (TPSA) is 31.9 Å². The molecule has 1 aliphatic heterocycles. The van der Waals surface area contributed by atoms with Crippen molar-refractivity contribution in [3.63, 3.8) is 0 Å². The van der Waals surface area contributed by atoms with Gasteiger partial charge >= 0.3 is 0 Å². The monoisotopic (exact) mass is 309 g/mol. The first-order valence-corrected chi connectivity index (χ1v) is 8.18. The lowest BCUT2D eigenvalue weighted by molar-refractivity contribution is 0.199. The minimum Gasteiger partial charge on any atom is -0.343 e. The highest BCUT2D eigenvalue weighted by Crippen LogP contribution is 2.29. The maximum absolute atomic E-state index is 13.0. The third kappa shape index (κ3) is 3.13. The van der Waals surface area contributed by atoms with Crippen LogP contribution in [0.25, 0.3) is 11.0 Å². The maximum atomic E-state index is 13.0. The lowest BCUT2D eigenvalue weighted by Gasteiger charge is -2.32. The average molecular weight is 309 g/mol. The summed E-state index contributed by atoms with van der Waals surface area (Å²) in [5.41, 5.74) is 3.42. The Kier molecular flexibility index (Phi) is 3.83. The first kappa shape index (κ1) is 14.4. The van der Waals surface area contributed by atoms with Crippen molar-refractivity contribution in [3.05, 3.63) is 65.7 Å². The average Bonchev–Trinajstić information content (AvgIpc) is 3.01. The van der Waals surface area contributed by atoms with Gasteiger partial charge in [-0.3, -0.25) is 4.90 Å². The first-order chi connectivity index (χ1) is 11.3. The summed E-state index contributed by atoms with van der Waals surface area (Å²) in [5, 5.41) is 1.18. The second-order valence-electron chi connectivity index (χ2n) is 6.37. The van der Waals surface area contributed by atoms with Gasteiger partial charge in [0.15, 0.2) is 0 Å². The molecule has 3 nitrogen and oxygen atoms in total. The number of H-pyrrole nitrogens is 1. The minimum atomic E-state index is -0.171. The molecule has 0 saturated carbocycles. The van der Waals surface area contributed by atoms with Crippen LogP contribution in [0.2, 0.25) is 0 Å². The van der Waals surface area contributed by atoms with Gasteiger partial charge in [0.1, 0.15) is 11.5 Å². The Labute approximate surface area is 135 Å². The molecule has 1 aliphatic rings. The number of nitrogens with zero attached hydrogens (tertiary/aromatic N) is 2. The zero-order chi connectivity index (χ0) is 15.6. The molecule has 1 fully saturated rings. The molecule has 2 aromatic heterocycles. The van der Waals surface area contributed by atoms with Crippen LogP contribution in [0, 0.1) is 5.82 Å². The first-order valence-electron chi connectivity index (χ1n) is 8.18. The van der Waals surface area contributed by atoms with E-state index in [1.54, 1.807) is 12.1 Å². The lowest BCUT2D eigenvalue weighted by atomic mass is 9.94. The smallest absolute Gasteiger partial charge is 0.137 e. The number of piperidine rings is 1. The van der Waals surface area contributed by atoms with Crippen molar-refractivity contribution in [2.24, 2.45) is 0 Å². The number of benzene rings is 1. The van der Waals surface area contributed by atoms with Gasteiger partial charge in [-0.1, -0.05) is 12.1 Å². The van der Waals surface area contributed by atoms with E-state index in [0.717, 1.165) is 25.3 Å². The Morgan fingerprint density at radius 1 is 1.22 bits per heavy atom. The fourth-order valence-electron chi connectivity index (χ4n) is 3.50.